The standard InChI is InChI=1S/C15H23N3O2.C9H18N2O2.C6H6ClN.ClH/c1-15(2,3)20-14(19)18-10-8-17(9-11-18)12-13-6-4-5-7-16-13;1-9(2,3)13-8(12)11-6-4-10-5-7-11;7-5-6-3-1-2-4-8-6;/h4-7H,8-12H2,1-3H3;10H,4-7H2,1-3H3;1-4H,5H2;1H. The van der Waals surface area contributed by atoms with Gasteiger partial charge in [-0.25, -0.2) is 9.59 Å². The second-order valence-electron chi connectivity index (χ2n) is 11.7. The first-order valence-electron chi connectivity index (χ1n) is 14.1. The summed E-state index contributed by atoms with van der Waals surface area (Å²) in [5, 5.41) is 3.18. The largest absolute Gasteiger partial charge is 0.444 e. The van der Waals surface area contributed by atoms with Gasteiger partial charge in [-0.05, 0) is 65.8 Å². The fourth-order valence-corrected chi connectivity index (χ4v) is 3.94. The Hall–Kier alpha value is -2.66. The van der Waals surface area contributed by atoms with E-state index in [1.165, 1.54) is 0 Å². The molecule has 0 saturated carbocycles. The molecule has 0 aliphatic carbocycles. The molecular weight excluding hydrogens is 579 g/mol. The Morgan fingerprint density at radius 1 is 0.762 bits per heavy atom. The molecule has 42 heavy (non-hydrogen) atoms. The van der Waals surface area contributed by atoms with Crippen molar-refractivity contribution in [2.24, 2.45) is 0 Å². The Morgan fingerprint density at radius 2 is 1.21 bits per heavy atom. The van der Waals surface area contributed by atoms with E-state index in [0.29, 0.717) is 19.0 Å². The summed E-state index contributed by atoms with van der Waals surface area (Å²) in [5.41, 5.74) is 1.18. The molecule has 2 aliphatic heterocycles. The minimum absolute atomic E-state index is 0. The van der Waals surface area contributed by atoms with Crippen molar-refractivity contribution in [3.05, 3.63) is 60.2 Å². The molecule has 12 heteroatoms. The highest BCUT2D eigenvalue weighted by atomic mass is 35.5. The minimum atomic E-state index is -0.428. The van der Waals surface area contributed by atoms with Crippen LogP contribution in [0, 0.1) is 0 Å². The lowest BCUT2D eigenvalue weighted by atomic mass is 10.2. The molecule has 0 radical (unpaired) electrons. The number of carbonyl (C=O) groups is 2. The summed E-state index contributed by atoms with van der Waals surface area (Å²) in [7, 11) is 0. The number of aromatic nitrogens is 2. The number of carbonyl (C=O) groups excluding carboxylic acids is 2. The van der Waals surface area contributed by atoms with Gasteiger partial charge in [0.05, 0.1) is 17.3 Å². The van der Waals surface area contributed by atoms with Gasteiger partial charge in [0, 0.05) is 71.3 Å². The van der Waals surface area contributed by atoms with E-state index < -0.39 is 5.60 Å². The number of alkyl halides is 1. The molecule has 4 rings (SSSR count). The normalized spacial score (nSPS) is 15.6. The van der Waals surface area contributed by atoms with Crippen LogP contribution in [0.1, 0.15) is 52.9 Å². The van der Waals surface area contributed by atoms with Crippen molar-refractivity contribution in [1.82, 2.24) is 30.0 Å². The van der Waals surface area contributed by atoms with Gasteiger partial charge in [0.2, 0.25) is 0 Å². The van der Waals surface area contributed by atoms with Crippen LogP contribution in [0.3, 0.4) is 0 Å². The van der Waals surface area contributed by atoms with Crippen molar-refractivity contribution in [2.75, 3.05) is 52.4 Å². The second kappa shape index (κ2) is 18.8. The van der Waals surface area contributed by atoms with E-state index in [-0.39, 0.29) is 30.2 Å². The molecule has 10 nitrogen and oxygen atoms in total. The predicted octanol–water partition coefficient (Wildman–Crippen LogP) is 5.20. The van der Waals surface area contributed by atoms with Crippen molar-refractivity contribution in [1.29, 1.82) is 0 Å². The molecule has 0 unspecified atom stereocenters. The highest BCUT2D eigenvalue weighted by Gasteiger charge is 2.26. The fourth-order valence-electron chi connectivity index (χ4n) is 3.79. The first-order chi connectivity index (χ1) is 19.4. The summed E-state index contributed by atoms with van der Waals surface area (Å²) in [6.07, 6.45) is 3.13. The van der Waals surface area contributed by atoms with Crippen molar-refractivity contribution in [2.45, 2.75) is 65.2 Å². The maximum absolute atomic E-state index is 12.0. The molecule has 0 bridgehead atoms. The van der Waals surface area contributed by atoms with Crippen LogP contribution in [-0.2, 0) is 21.9 Å². The van der Waals surface area contributed by atoms with Gasteiger partial charge in [0.1, 0.15) is 11.2 Å². The summed E-state index contributed by atoms with van der Waals surface area (Å²) >= 11 is 5.46. The SMILES string of the molecule is CC(C)(C)OC(=O)N1CCN(Cc2ccccn2)CC1.CC(C)(C)OC(=O)N1CCNCC1.Cl.ClCc1ccccn1. The van der Waals surface area contributed by atoms with Crippen LogP contribution in [0.4, 0.5) is 9.59 Å². The number of ether oxygens (including phenoxy) is 2. The number of hydrogen-bond acceptors (Lipinski definition) is 8. The summed E-state index contributed by atoms with van der Waals surface area (Å²) in [4.78, 5) is 37.6. The molecule has 0 atom stereocenters. The van der Waals surface area contributed by atoms with Gasteiger partial charge in [-0.2, -0.15) is 0 Å². The molecule has 2 saturated heterocycles. The van der Waals surface area contributed by atoms with E-state index in [0.717, 1.165) is 57.2 Å². The van der Waals surface area contributed by atoms with Gasteiger partial charge in [0.15, 0.2) is 0 Å². The van der Waals surface area contributed by atoms with Crippen LogP contribution in [0.15, 0.2) is 48.8 Å². The maximum Gasteiger partial charge on any atom is 0.410 e. The van der Waals surface area contributed by atoms with Crippen LogP contribution in [0.5, 0.6) is 0 Å². The summed E-state index contributed by atoms with van der Waals surface area (Å²) in [6, 6.07) is 11.6. The molecule has 2 aromatic heterocycles. The molecule has 1 N–H and O–H groups in total. The predicted molar refractivity (Wildman–Crippen MR) is 169 cm³/mol. The van der Waals surface area contributed by atoms with E-state index in [1.54, 1.807) is 16.0 Å². The van der Waals surface area contributed by atoms with Crippen LogP contribution >= 0.6 is 24.0 Å². The van der Waals surface area contributed by atoms with Crippen molar-refractivity contribution >= 4 is 36.2 Å². The topological polar surface area (TPSA) is 100 Å². The van der Waals surface area contributed by atoms with Gasteiger partial charge in [-0.15, -0.1) is 24.0 Å². The molecule has 0 spiro atoms. The van der Waals surface area contributed by atoms with Crippen LogP contribution < -0.4 is 5.32 Å². The lowest BCUT2D eigenvalue weighted by Crippen LogP contribution is -2.49. The smallest absolute Gasteiger partial charge is 0.410 e. The number of piperazine rings is 2. The maximum atomic E-state index is 12.0. The number of nitrogens with one attached hydrogen (secondary N) is 1. The molecule has 4 heterocycles. The molecule has 2 fully saturated rings. The van der Waals surface area contributed by atoms with Gasteiger partial charge in [0.25, 0.3) is 0 Å². The summed E-state index contributed by atoms with van der Waals surface area (Å²) in [5.74, 6) is 0.501. The highest BCUT2D eigenvalue weighted by Crippen LogP contribution is 2.13. The Balaban J connectivity index is 0.000000344. The van der Waals surface area contributed by atoms with Crippen LogP contribution in [0.25, 0.3) is 0 Å². The quantitative estimate of drug-likeness (QED) is 0.464. The van der Waals surface area contributed by atoms with E-state index in [4.69, 9.17) is 21.1 Å². The van der Waals surface area contributed by atoms with Crippen molar-refractivity contribution < 1.29 is 19.1 Å². The third-order valence-corrected chi connectivity index (χ3v) is 6.04. The number of hydrogen-bond donors (Lipinski definition) is 1. The Kier molecular flexibility index (Phi) is 16.7. The second-order valence-corrected chi connectivity index (χ2v) is 12.0. The molecular formula is C30H48Cl2N6O4. The number of rotatable bonds is 3. The average molecular weight is 628 g/mol. The van der Waals surface area contributed by atoms with Crippen molar-refractivity contribution in [3.63, 3.8) is 0 Å². The van der Waals surface area contributed by atoms with Gasteiger partial charge < -0.3 is 24.6 Å². The third-order valence-electron chi connectivity index (χ3n) is 5.77. The highest BCUT2D eigenvalue weighted by molar-refractivity contribution is 6.16. The van der Waals surface area contributed by atoms with Crippen molar-refractivity contribution in [3.8, 4) is 0 Å². The summed E-state index contributed by atoms with van der Waals surface area (Å²) in [6.45, 7) is 18.5. The van der Waals surface area contributed by atoms with Gasteiger partial charge in [-0.1, -0.05) is 12.1 Å². The van der Waals surface area contributed by atoms with Crippen LogP contribution in [-0.4, -0.2) is 100 Å². The fraction of sp³-hybridized carbons (Fsp3) is 0.600. The molecule has 2 amide bonds. The monoisotopic (exact) mass is 626 g/mol. The molecule has 236 valence electrons. The van der Waals surface area contributed by atoms with E-state index >= 15 is 0 Å². The average Bonchev–Trinajstić information content (AvgIpc) is 2.94. The van der Waals surface area contributed by atoms with Gasteiger partial charge in [-0.3, -0.25) is 14.9 Å². The van der Waals surface area contributed by atoms with E-state index in [9.17, 15) is 9.59 Å². The zero-order chi connectivity index (χ0) is 30.3. The minimum Gasteiger partial charge on any atom is -0.444 e. The van der Waals surface area contributed by atoms with Crippen LogP contribution in [0.2, 0.25) is 0 Å². The molecule has 2 aromatic rings. The number of nitrogens with zero attached hydrogens (tertiary/aromatic N) is 5. The molecule has 0 aromatic carbocycles. The first-order valence-corrected chi connectivity index (χ1v) is 14.6. The van der Waals surface area contributed by atoms with E-state index in [1.807, 2.05) is 84.1 Å². The number of halogens is 2. The number of amides is 2. The van der Waals surface area contributed by atoms with E-state index in [2.05, 4.69) is 20.2 Å². The third kappa shape index (κ3) is 16.1. The molecule has 2 aliphatic rings. The lowest BCUT2D eigenvalue weighted by molar-refractivity contribution is 0.0137. The van der Waals surface area contributed by atoms with Gasteiger partial charge >= 0.3 is 12.2 Å². The Bertz CT molecular complexity index is 1020. The zero-order valence-corrected chi connectivity index (χ0v) is 27.4. The zero-order valence-electron chi connectivity index (χ0n) is 25.8. The number of pyridine rings is 2. The first kappa shape index (κ1) is 37.4. The Labute approximate surface area is 262 Å². The lowest BCUT2D eigenvalue weighted by Gasteiger charge is -2.35. The Morgan fingerprint density at radius 3 is 1.60 bits per heavy atom. The summed E-state index contributed by atoms with van der Waals surface area (Å²) < 4.78 is 10.6.